The van der Waals surface area contributed by atoms with E-state index in [-0.39, 0.29) is 10.8 Å². The van der Waals surface area contributed by atoms with Gasteiger partial charge in [-0.05, 0) is 6.07 Å². The molecule has 5 nitrogen and oxygen atoms in total. The Morgan fingerprint density at radius 3 is 2.73 bits per heavy atom. The van der Waals surface area contributed by atoms with E-state index in [2.05, 4.69) is 0 Å². The predicted molar refractivity (Wildman–Crippen MR) is 56.5 cm³/mol. The van der Waals surface area contributed by atoms with Crippen molar-refractivity contribution < 1.29 is 13.2 Å². The number of nitrogens with two attached hydrogens (primary N) is 1. The van der Waals surface area contributed by atoms with Crippen molar-refractivity contribution in [2.24, 2.45) is 12.2 Å². The SMILES string of the molecule is Cn1c(S(N)(=O)=O)cc2c1C(=O)CCS2. The van der Waals surface area contributed by atoms with Gasteiger partial charge in [0.2, 0.25) is 0 Å². The highest BCUT2D eigenvalue weighted by Crippen LogP contribution is 2.33. The van der Waals surface area contributed by atoms with Crippen LogP contribution < -0.4 is 5.14 Å². The van der Waals surface area contributed by atoms with Gasteiger partial charge in [-0.3, -0.25) is 4.79 Å². The standard InChI is InChI=1S/C8H10N2O3S2/c1-10-7(15(9,12)13)4-6-8(10)5(11)2-3-14-6/h4H,2-3H2,1H3,(H2,9,12,13). The number of hydrogen-bond acceptors (Lipinski definition) is 4. The van der Waals surface area contributed by atoms with Crippen molar-refractivity contribution in [1.29, 1.82) is 0 Å². The molecule has 0 bridgehead atoms. The molecule has 0 aromatic carbocycles. The van der Waals surface area contributed by atoms with Gasteiger partial charge in [0, 0.05) is 24.1 Å². The second-order valence-corrected chi connectivity index (χ2v) is 5.97. The number of sulfonamides is 1. The van der Waals surface area contributed by atoms with Gasteiger partial charge in [-0.1, -0.05) is 0 Å². The number of carbonyl (C=O) groups is 1. The summed E-state index contributed by atoms with van der Waals surface area (Å²) in [5.41, 5.74) is 0.454. The maximum absolute atomic E-state index is 11.6. The lowest BCUT2D eigenvalue weighted by atomic mass is 10.2. The molecule has 0 radical (unpaired) electrons. The molecule has 2 heterocycles. The average Bonchev–Trinajstić information content (AvgIpc) is 2.44. The predicted octanol–water partition coefficient (Wildman–Crippen LogP) is 0.351. The van der Waals surface area contributed by atoms with Crippen LogP contribution in [0.4, 0.5) is 0 Å². The lowest BCUT2D eigenvalue weighted by Gasteiger charge is -2.11. The first kappa shape index (κ1) is 10.7. The van der Waals surface area contributed by atoms with Gasteiger partial charge in [0.25, 0.3) is 10.0 Å². The highest BCUT2D eigenvalue weighted by molar-refractivity contribution is 7.99. The summed E-state index contributed by atoms with van der Waals surface area (Å²) in [4.78, 5) is 12.3. The fourth-order valence-electron chi connectivity index (χ4n) is 1.63. The summed E-state index contributed by atoms with van der Waals surface area (Å²) < 4.78 is 23.8. The molecule has 2 rings (SSSR count). The number of rotatable bonds is 1. The molecule has 0 saturated heterocycles. The van der Waals surface area contributed by atoms with Gasteiger partial charge in [0.15, 0.2) is 10.8 Å². The number of primary sulfonamides is 1. The molecule has 0 atom stereocenters. The second-order valence-electron chi connectivity index (χ2n) is 3.32. The molecule has 0 unspecified atom stereocenters. The number of thioether (sulfide) groups is 1. The minimum absolute atomic E-state index is 0.00440. The van der Waals surface area contributed by atoms with Crippen LogP contribution in [0.3, 0.4) is 0 Å². The average molecular weight is 246 g/mol. The maximum Gasteiger partial charge on any atom is 0.253 e. The second kappa shape index (κ2) is 3.36. The largest absolute Gasteiger partial charge is 0.330 e. The molecule has 0 aliphatic carbocycles. The van der Waals surface area contributed by atoms with Crippen LogP contribution in [0.15, 0.2) is 16.0 Å². The Labute approximate surface area is 91.7 Å². The Balaban J connectivity index is 2.69. The first-order chi connectivity index (χ1) is 6.91. The molecule has 2 N–H and O–H groups in total. The molecule has 1 aliphatic heterocycles. The van der Waals surface area contributed by atoms with Gasteiger partial charge < -0.3 is 4.57 Å². The molecule has 1 aliphatic rings. The van der Waals surface area contributed by atoms with Gasteiger partial charge in [-0.2, -0.15) is 0 Å². The van der Waals surface area contributed by atoms with Crippen LogP contribution in [0.25, 0.3) is 0 Å². The van der Waals surface area contributed by atoms with E-state index < -0.39 is 10.0 Å². The van der Waals surface area contributed by atoms with Crippen molar-refractivity contribution in [2.45, 2.75) is 16.3 Å². The summed E-state index contributed by atoms with van der Waals surface area (Å²) in [7, 11) is -2.21. The summed E-state index contributed by atoms with van der Waals surface area (Å²) in [6.07, 6.45) is 0.444. The molecular weight excluding hydrogens is 236 g/mol. The van der Waals surface area contributed by atoms with E-state index in [1.54, 1.807) is 7.05 Å². The minimum atomic E-state index is -3.75. The van der Waals surface area contributed by atoms with Gasteiger partial charge in [-0.15, -0.1) is 11.8 Å². The van der Waals surface area contributed by atoms with Crippen LogP contribution >= 0.6 is 11.8 Å². The van der Waals surface area contributed by atoms with Crippen molar-refractivity contribution in [2.75, 3.05) is 5.75 Å². The summed E-state index contributed by atoms with van der Waals surface area (Å²) in [5.74, 6) is 0.668. The lowest BCUT2D eigenvalue weighted by molar-refractivity contribution is 0.0976. The van der Waals surface area contributed by atoms with Crippen molar-refractivity contribution in [1.82, 2.24) is 4.57 Å². The zero-order valence-corrected chi connectivity index (χ0v) is 9.69. The molecule has 0 fully saturated rings. The van der Waals surface area contributed by atoms with E-state index in [4.69, 9.17) is 5.14 Å². The Morgan fingerprint density at radius 2 is 2.20 bits per heavy atom. The molecule has 82 valence electrons. The Kier molecular flexibility index (Phi) is 2.40. The van der Waals surface area contributed by atoms with Crippen LogP contribution in [0.5, 0.6) is 0 Å². The van der Waals surface area contributed by atoms with Crippen LogP contribution in [-0.2, 0) is 17.1 Å². The minimum Gasteiger partial charge on any atom is -0.330 e. The summed E-state index contributed by atoms with van der Waals surface area (Å²) >= 11 is 1.48. The normalized spacial score (nSPS) is 16.5. The Hall–Kier alpha value is -0.790. The van der Waals surface area contributed by atoms with Crippen LogP contribution in [-0.4, -0.2) is 24.5 Å². The highest BCUT2D eigenvalue weighted by Gasteiger charge is 2.26. The number of aromatic nitrogens is 1. The molecule has 0 saturated carbocycles. The third kappa shape index (κ3) is 1.70. The van der Waals surface area contributed by atoms with Crippen molar-refractivity contribution in [3.8, 4) is 0 Å². The number of nitrogens with zero attached hydrogens (tertiary/aromatic N) is 1. The van der Waals surface area contributed by atoms with E-state index in [1.165, 1.54) is 22.4 Å². The quantitative estimate of drug-likeness (QED) is 0.775. The fraction of sp³-hybridized carbons (Fsp3) is 0.375. The highest BCUT2D eigenvalue weighted by atomic mass is 32.2. The molecule has 0 spiro atoms. The van der Waals surface area contributed by atoms with E-state index in [9.17, 15) is 13.2 Å². The molecule has 0 amide bonds. The zero-order valence-electron chi connectivity index (χ0n) is 8.06. The van der Waals surface area contributed by atoms with Crippen LogP contribution in [0.2, 0.25) is 0 Å². The van der Waals surface area contributed by atoms with Crippen molar-refractivity contribution in [3.63, 3.8) is 0 Å². The van der Waals surface area contributed by atoms with Gasteiger partial charge in [0.05, 0.1) is 5.69 Å². The monoisotopic (exact) mass is 246 g/mol. The maximum atomic E-state index is 11.6. The number of hydrogen-bond donors (Lipinski definition) is 1. The number of ketones is 1. The number of carbonyl (C=O) groups excluding carboxylic acids is 1. The van der Waals surface area contributed by atoms with Gasteiger partial charge in [-0.25, -0.2) is 13.6 Å². The van der Waals surface area contributed by atoms with Crippen molar-refractivity contribution in [3.05, 3.63) is 11.8 Å². The summed E-state index contributed by atoms with van der Waals surface area (Å²) in [5, 5.41) is 5.04. The van der Waals surface area contributed by atoms with Crippen LogP contribution in [0.1, 0.15) is 16.9 Å². The topological polar surface area (TPSA) is 82.2 Å². The fourth-order valence-corrected chi connectivity index (χ4v) is 3.55. The van der Waals surface area contributed by atoms with Gasteiger partial charge in [0.1, 0.15) is 0 Å². The molecule has 1 aromatic rings. The number of fused-ring (bicyclic) bond motifs is 1. The molecule has 1 aromatic heterocycles. The van der Waals surface area contributed by atoms with E-state index in [0.717, 1.165) is 0 Å². The summed E-state index contributed by atoms with van der Waals surface area (Å²) in [6.45, 7) is 0. The molecule has 15 heavy (non-hydrogen) atoms. The zero-order chi connectivity index (χ0) is 11.2. The summed E-state index contributed by atoms with van der Waals surface area (Å²) in [6, 6.07) is 1.46. The smallest absolute Gasteiger partial charge is 0.253 e. The van der Waals surface area contributed by atoms with Gasteiger partial charge >= 0.3 is 0 Å². The number of Topliss-reactive ketones (excluding diaryl/α,β-unsaturated/α-hetero) is 1. The first-order valence-electron chi connectivity index (χ1n) is 4.30. The third-order valence-electron chi connectivity index (χ3n) is 2.30. The molecular formula is C8H10N2O3S2. The van der Waals surface area contributed by atoms with Crippen molar-refractivity contribution >= 4 is 27.6 Å². The van der Waals surface area contributed by atoms with E-state index >= 15 is 0 Å². The third-order valence-corrected chi connectivity index (χ3v) is 4.30. The van der Waals surface area contributed by atoms with E-state index in [1.807, 2.05) is 0 Å². The van der Waals surface area contributed by atoms with E-state index in [0.29, 0.717) is 22.8 Å². The Bertz CT molecular complexity index is 530. The lowest BCUT2D eigenvalue weighted by Crippen LogP contribution is -2.18. The van der Waals surface area contributed by atoms with Crippen LogP contribution in [0, 0.1) is 0 Å². The molecule has 7 heteroatoms. The first-order valence-corrected chi connectivity index (χ1v) is 6.83. The Morgan fingerprint density at radius 1 is 1.53 bits per heavy atom.